The van der Waals surface area contributed by atoms with Gasteiger partial charge in [0.1, 0.15) is 17.4 Å². The van der Waals surface area contributed by atoms with E-state index in [0.29, 0.717) is 17.2 Å². The van der Waals surface area contributed by atoms with Gasteiger partial charge >= 0.3 is 0 Å². The Morgan fingerprint density at radius 1 is 0.906 bits per heavy atom. The van der Waals surface area contributed by atoms with E-state index in [4.69, 9.17) is 9.47 Å². The van der Waals surface area contributed by atoms with Gasteiger partial charge in [-0.2, -0.15) is 5.10 Å². The SMILES string of the molecule is COc1ccc(NC(=O)C(C(=O)NN=Cc2c(OC)ccc3ccccc23)C(C)C)cc1. The highest BCUT2D eigenvalue weighted by molar-refractivity contribution is 6.07. The molecule has 2 N–H and O–H groups in total. The smallest absolute Gasteiger partial charge is 0.252 e. The van der Waals surface area contributed by atoms with Crippen molar-refractivity contribution < 1.29 is 19.1 Å². The van der Waals surface area contributed by atoms with Crippen LogP contribution in [0, 0.1) is 11.8 Å². The maximum atomic E-state index is 12.8. The lowest BCUT2D eigenvalue weighted by Crippen LogP contribution is -2.39. The monoisotopic (exact) mass is 433 g/mol. The number of hydrogen-bond donors (Lipinski definition) is 2. The van der Waals surface area contributed by atoms with Crippen LogP contribution in [0.5, 0.6) is 11.5 Å². The molecule has 1 atom stereocenters. The van der Waals surface area contributed by atoms with Crippen molar-refractivity contribution in [3.8, 4) is 11.5 Å². The fourth-order valence-corrected chi connectivity index (χ4v) is 3.44. The van der Waals surface area contributed by atoms with E-state index in [2.05, 4.69) is 15.8 Å². The molecule has 0 radical (unpaired) electrons. The van der Waals surface area contributed by atoms with Crippen LogP contribution in [0.3, 0.4) is 0 Å². The predicted molar refractivity (Wildman–Crippen MR) is 126 cm³/mol. The first-order valence-electron chi connectivity index (χ1n) is 10.3. The first-order valence-corrected chi connectivity index (χ1v) is 10.3. The normalized spacial score (nSPS) is 12.0. The minimum absolute atomic E-state index is 0.226. The van der Waals surface area contributed by atoms with Crippen molar-refractivity contribution in [1.29, 1.82) is 0 Å². The van der Waals surface area contributed by atoms with Crippen molar-refractivity contribution in [1.82, 2.24) is 5.43 Å². The summed E-state index contributed by atoms with van der Waals surface area (Å²) in [6, 6.07) is 18.6. The molecule has 1 unspecified atom stereocenters. The summed E-state index contributed by atoms with van der Waals surface area (Å²) in [7, 11) is 3.15. The first-order chi connectivity index (χ1) is 15.4. The summed E-state index contributed by atoms with van der Waals surface area (Å²) in [5, 5.41) is 8.87. The van der Waals surface area contributed by atoms with E-state index < -0.39 is 17.7 Å². The molecule has 0 bridgehead atoms. The molecule has 0 saturated heterocycles. The van der Waals surface area contributed by atoms with E-state index in [9.17, 15) is 9.59 Å². The van der Waals surface area contributed by atoms with Crippen LogP contribution < -0.4 is 20.2 Å². The Morgan fingerprint density at radius 2 is 1.62 bits per heavy atom. The fourth-order valence-electron chi connectivity index (χ4n) is 3.44. The van der Waals surface area contributed by atoms with Crippen molar-refractivity contribution in [2.45, 2.75) is 13.8 Å². The Balaban J connectivity index is 1.74. The molecule has 0 spiro atoms. The first kappa shape index (κ1) is 22.8. The molecule has 7 heteroatoms. The van der Waals surface area contributed by atoms with Gasteiger partial charge in [-0.05, 0) is 47.0 Å². The van der Waals surface area contributed by atoms with E-state index in [1.54, 1.807) is 38.5 Å². The maximum Gasteiger partial charge on any atom is 0.252 e. The molecule has 0 saturated carbocycles. The molecular formula is C25H27N3O4. The number of methoxy groups -OCH3 is 2. The van der Waals surface area contributed by atoms with Crippen molar-refractivity contribution in [2.75, 3.05) is 19.5 Å². The second-order valence-corrected chi connectivity index (χ2v) is 7.58. The number of carbonyl (C=O) groups is 2. The summed E-state index contributed by atoms with van der Waals surface area (Å²) in [5.74, 6) is -0.708. The number of anilines is 1. The highest BCUT2D eigenvalue weighted by atomic mass is 16.5. The van der Waals surface area contributed by atoms with Gasteiger partial charge in [0.15, 0.2) is 0 Å². The van der Waals surface area contributed by atoms with Crippen molar-refractivity contribution in [3.05, 3.63) is 66.2 Å². The van der Waals surface area contributed by atoms with Gasteiger partial charge in [0.05, 0.1) is 20.4 Å². The number of nitrogens with one attached hydrogen (secondary N) is 2. The minimum atomic E-state index is -0.913. The van der Waals surface area contributed by atoms with Crippen LogP contribution in [-0.2, 0) is 9.59 Å². The second-order valence-electron chi connectivity index (χ2n) is 7.58. The van der Waals surface area contributed by atoms with Crippen LogP contribution in [0.2, 0.25) is 0 Å². The standard InChI is InChI=1S/C25H27N3O4/c1-16(2)23(24(29)27-18-10-12-19(31-3)13-11-18)25(30)28-26-15-21-20-8-6-5-7-17(20)9-14-22(21)32-4/h5-16,23H,1-4H3,(H,27,29)(H,28,30). The van der Waals surface area contributed by atoms with Crippen molar-refractivity contribution in [3.63, 3.8) is 0 Å². The van der Waals surface area contributed by atoms with Crippen LogP contribution in [0.25, 0.3) is 10.8 Å². The largest absolute Gasteiger partial charge is 0.497 e. The average molecular weight is 434 g/mol. The minimum Gasteiger partial charge on any atom is -0.497 e. The zero-order chi connectivity index (χ0) is 23.1. The molecule has 7 nitrogen and oxygen atoms in total. The Morgan fingerprint density at radius 3 is 2.28 bits per heavy atom. The second kappa shape index (κ2) is 10.4. The molecule has 3 aromatic rings. The number of ether oxygens (including phenoxy) is 2. The van der Waals surface area contributed by atoms with Crippen LogP contribution in [0.4, 0.5) is 5.69 Å². The Hall–Kier alpha value is -3.87. The summed E-state index contributed by atoms with van der Waals surface area (Å²) in [4.78, 5) is 25.6. The average Bonchev–Trinajstić information content (AvgIpc) is 2.79. The van der Waals surface area contributed by atoms with Crippen molar-refractivity contribution >= 4 is 34.5 Å². The van der Waals surface area contributed by atoms with Gasteiger partial charge in [-0.1, -0.05) is 44.2 Å². The van der Waals surface area contributed by atoms with E-state index in [-0.39, 0.29) is 5.92 Å². The van der Waals surface area contributed by atoms with E-state index in [0.717, 1.165) is 16.3 Å². The topological polar surface area (TPSA) is 89.0 Å². The zero-order valence-corrected chi connectivity index (χ0v) is 18.6. The predicted octanol–water partition coefficient (Wildman–Crippen LogP) is 4.22. The number of benzene rings is 3. The van der Waals surface area contributed by atoms with E-state index in [1.807, 2.05) is 50.2 Å². The van der Waals surface area contributed by atoms with Gasteiger partial charge in [0.2, 0.25) is 5.91 Å². The third-order valence-electron chi connectivity index (χ3n) is 5.11. The summed E-state index contributed by atoms with van der Waals surface area (Å²) < 4.78 is 10.6. The summed E-state index contributed by atoms with van der Waals surface area (Å²) in [6.45, 7) is 3.63. The van der Waals surface area contributed by atoms with Gasteiger partial charge in [0, 0.05) is 11.3 Å². The summed E-state index contributed by atoms with van der Waals surface area (Å²) in [6.07, 6.45) is 1.54. The van der Waals surface area contributed by atoms with Crippen molar-refractivity contribution in [2.24, 2.45) is 16.9 Å². The van der Waals surface area contributed by atoms with Gasteiger partial charge in [-0.25, -0.2) is 5.43 Å². The molecule has 0 heterocycles. The lowest BCUT2D eigenvalue weighted by Gasteiger charge is -2.18. The Labute approximate surface area is 187 Å². The van der Waals surface area contributed by atoms with Crippen LogP contribution >= 0.6 is 0 Å². The molecule has 3 aromatic carbocycles. The van der Waals surface area contributed by atoms with Gasteiger partial charge < -0.3 is 14.8 Å². The highest BCUT2D eigenvalue weighted by Gasteiger charge is 2.30. The molecule has 32 heavy (non-hydrogen) atoms. The third-order valence-corrected chi connectivity index (χ3v) is 5.11. The van der Waals surface area contributed by atoms with Crippen LogP contribution in [0.1, 0.15) is 19.4 Å². The molecule has 0 aromatic heterocycles. The van der Waals surface area contributed by atoms with Gasteiger partial charge in [-0.15, -0.1) is 0 Å². The molecule has 2 amide bonds. The summed E-state index contributed by atoms with van der Waals surface area (Å²) in [5.41, 5.74) is 3.83. The fraction of sp³-hybridized carbons (Fsp3) is 0.240. The molecule has 0 aliphatic heterocycles. The van der Waals surface area contributed by atoms with E-state index >= 15 is 0 Å². The number of hydrogen-bond acceptors (Lipinski definition) is 5. The number of hydrazone groups is 1. The number of carbonyl (C=O) groups excluding carboxylic acids is 2. The number of amides is 2. The lowest BCUT2D eigenvalue weighted by molar-refractivity contribution is -0.134. The molecule has 0 aliphatic carbocycles. The van der Waals surface area contributed by atoms with E-state index in [1.165, 1.54) is 6.21 Å². The zero-order valence-electron chi connectivity index (χ0n) is 18.6. The van der Waals surface area contributed by atoms with Gasteiger partial charge in [-0.3, -0.25) is 9.59 Å². The highest BCUT2D eigenvalue weighted by Crippen LogP contribution is 2.26. The van der Waals surface area contributed by atoms with Crippen LogP contribution in [-0.4, -0.2) is 32.2 Å². The molecule has 0 fully saturated rings. The summed E-state index contributed by atoms with van der Waals surface area (Å²) >= 11 is 0. The lowest BCUT2D eigenvalue weighted by atomic mass is 9.94. The third kappa shape index (κ3) is 5.24. The molecule has 3 rings (SSSR count). The number of fused-ring (bicyclic) bond motifs is 1. The Bertz CT molecular complexity index is 1120. The van der Waals surface area contributed by atoms with Gasteiger partial charge in [0.25, 0.3) is 5.91 Å². The van der Waals surface area contributed by atoms with Crippen LogP contribution in [0.15, 0.2) is 65.8 Å². The quantitative estimate of drug-likeness (QED) is 0.316. The molecule has 166 valence electrons. The number of rotatable bonds is 8. The molecule has 0 aliphatic rings. The maximum absolute atomic E-state index is 12.8. The molecular weight excluding hydrogens is 406 g/mol. The number of nitrogens with zero attached hydrogens (tertiary/aromatic N) is 1. The Kier molecular flexibility index (Phi) is 7.44.